The van der Waals surface area contributed by atoms with Crippen LogP contribution in [0.3, 0.4) is 0 Å². The molecule has 5 heteroatoms. The number of hydrogen-bond donors (Lipinski definition) is 1. The van der Waals surface area contributed by atoms with Crippen LogP contribution in [0.25, 0.3) is 11.0 Å². The lowest BCUT2D eigenvalue weighted by atomic mass is 10.2. The molecule has 82 valence electrons. The molecule has 2 rings (SSSR count). The summed E-state index contributed by atoms with van der Waals surface area (Å²) in [6, 6.07) is 5.86. The molecule has 0 atom stereocenters. The third-order valence-corrected chi connectivity index (χ3v) is 2.72. The Morgan fingerprint density at radius 2 is 2.12 bits per heavy atom. The largest absolute Gasteiger partial charge is 0.508 e. The molecule has 0 spiro atoms. The van der Waals surface area contributed by atoms with Gasteiger partial charge in [0.2, 0.25) is 5.12 Å². The number of carbonyl (C=O) groups excluding carboxylic acids is 1. The summed E-state index contributed by atoms with van der Waals surface area (Å²) in [6.07, 6.45) is 1.60. The van der Waals surface area contributed by atoms with E-state index in [1.54, 1.807) is 12.3 Å². The van der Waals surface area contributed by atoms with Crippen molar-refractivity contribution >= 4 is 27.8 Å². The summed E-state index contributed by atoms with van der Waals surface area (Å²) in [5.74, 6) is 0.0135. The molecule has 0 radical (unpaired) electrons. The van der Waals surface area contributed by atoms with E-state index in [2.05, 4.69) is 0 Å². The average molecular weight is 236 g/mol. The van der Waals surface area contributed by atoms with Crippen LogP contribution >= 0.6 is 11.8 Å². The highest BCUT2D eigenvalue weighted by molar-refractivity contribution is 8.13. The minimum Gasteiger partial charge on any atom is -0.508 e. The highest BCUT2D eigenvalue weighted by Crippen LogP contribution is 2.20. The van der Waals surface area contributed by atoms with Crippen LogP contribution in [0.1, 0.15) is 10.4 Å². The second-order valence-corrected chi connectivity index (χ2v) is 3.94. The number of benzene rings is 1. The third-order valence-electron chi connectivity index (χ3n) is 2.12. The quantitative estimate of drug-likeness (QED) is 0.767. The number of phenolic OH excluding ortho intramolecular Hbond substituents is 1. The number of hydrogen-bond acceptors (Lipinski definition) is 5. The Balaban J connectivity index is 2.72. The van der Waals surface area contributed by atoms with Gasteiger partial charge in [-0.15, -0.1) is 0 Å². The maximum atomic E-state index is 11.5. The summed E-state index contributed by atoms with van der Waals surface area (Å²) < 4.78 is 4.95. The van der Waals surface area contributed by atoms with Gasteiger partial charge in [0.25, 0.3) is 0 Å². The van der Waals surface area contributed by atoms with Crippen LogP contribution in [0, 0.1) is 0 Å². The summed E-state index contributed by atoms with van der Waals surface area (Å²) in [7, 11) is 0. The van der Waals surface area contributed by atoms with E-state index in [1.807, 2.05) is 0 Å². The van der Waals surface area contributed by atoms with Crippen molar-refractivity contribution in [3.63, 3.8) is 0 Å². The summed E-state index contributed by atoms with van der Waals surface area (Å²) in [4.78, 5) is 22.9. The molecule has 0 amide bonds. The number of carbonyl (C=O) groups is 1. The van der Waals surface area contributed by atoms with Gasteiger partial charge in [-0.2, -0.15) is 0 Å². The van der Waals surface area contributed by atoms with Crippen LogP contribution in [0.5, 0.6) is 5.75 Å². The Bertz CT molecular complexity index is 615. The van der Waals surface area contributed by atoms with E-state index < -0.39 is 5.63 Å². The Morgan fingerprint density at radius 1 is 1.38 bits per heavy atom. The first-order chi connectivity index (χ1) is 7.61. The van der Waals surface area contributed by atoms with Gasteiger partial charge in [0.1, 0.15) is 16.9 Å². The number of phenols is 1. The Labute approximate surface area is 94.9 Å². The maximum absolute atomic E-state index is 11.5. The number of aromatic hydroxyl groups is 1. The fourth-order valence-corrected chi connectivity index (χ4v) is 1.71. The van der Waals surface area contributed by atoms with Crippen LogP contribution in [-0.4, -0.2) is 16.5 Å². The van der Waals surface area contributed by atoms with Crippen molar-refractivity contribution in [2.24, 2.45) is 0 Å². The molecule has 0 saturated carbocycles. The standard InChI is InChI=1S/C11H8O4S/c1-16-11(14)8-4-6-2-3-7(12)5-9(6)15-10(8)13/h2-5,12H,1H3. The topological polar surface area (TPSA) is 67.5 Å². The first-order valence-electron chi connectivity index (χ1n) is 4.47. The number of rotatable bonds is 1. The van der Waals surface area contributed by atoms with Gasteiger partial charge in [0.15, 0.2) is 0 Å². The van der Waals surface area contributed by atoms with Gasteiger partial charge in [-0.05, 0) is 24.5 Å². The molecule has 0 aliphatic heterocycles. The normalized spacial score (nSPS) is 10.6. The van der Waals surface area contributed by atoms with Crippen molar-refractivity contribution < 1.29 is 14.3 Å². The lowest BCUT2D eigenvalue weighted by Crippen LogP contribution is -2.10. The zero-order chi connectivity index (χ0) is 11.7. The van der Waals surface area contributed by atoms with Crippen LogP contribution in [0.15, 0.2) is 33.5 Å². The molecule has 0 bridgehead atoms. The first kappa shape index (κ1) is 10.8. The minimum atomic E-state index is -0.683. The smallest absolute Gasteiger partial charge is 0.348 e. The lowest BCUT2D eigenvalue weighted by molar-refractivity contribution is 0.108. The van der Waals surface area contributed by atoms with Gasteiger partial charge in [0.05, 0.1) is 0 Å². The average Bonchev–Trinajstić information content (AvgIpc) is 2.27. The molecule has 0 aliphatic rings. The zero-order valence-electron chi connectivity index (χ0n) is 8.39. The second kappa shape index (κ2) is 4.02. The van der Waals surface area contributed by atoms with E-state index in [1.165, 1.54) is 18.2 Å². The molecule has 2 aromatic rings. The van der Waals surface area contributed by atoms with Crippen molar-refractivity contribution in [3.8, 4) is 5.75 Å². The lowest BCUT2D eigenvalue weighted by Gasteiger charge is -2.00. The first-order valence-corrected chi connectivity index (χ1v) is 5.69. The minimum absolute atomic E-state index is 0.0135. The zero-order valence-corrected chi connectivity index (χ0v) is 9.21. The molecular formula is C11H8O4S. The van der Waals surface area contributed by atoms with Crippen LogP contribution in [0.4, 0.5) is 0 Å². The van der Waals surface area contributed by atoms with E-state index >= 15 is 0 Å². The predicted octanol–water partition coefficient (Wildman–Crippen LogP) is 2.00. The van der Waals surface area contributed by atoms with E-state index in [0.29, 0.717) is 5.39 Å². The Hall–Kier alpha value is -1.75. The highest BCUT2D eigenvalue weighted by Gasteiger charge is 2.12. The van der Waals surface area contributed by atoms with Gasteiger partial charge in [-0.1, -0.05) is 11.8 Å². The van der Waals surface area contributed by atoms with Crippen molar-refractivity contribution in [3.05, 3.63) is 40.2 Å². The SMILES string of the molecule is CSC(=O)c1cc2ccc(O)cc2oc1=O. The van der Waals surface area contributed by atoms with E-state index in [4.69, 9.17) is 4.42 Å². The van der Waals surface area contributed by atoms with Crippen LogP contribution in [0.2, 0.25) is 0 Å². The van der Waals surface area contributed by atoms with Crippen LogP contribution in [-0.2, 0) is 0 Å². The molecule has 0 aliphatic carbocycles. The van der Waals surface area contributed by atoms with E-state index in [-0.39, 0.29) is 22.0 Å². The fourth-order valence-electron chi connectivity index (χ4n) is 1.35. The van der Waals surface area contributed by atoms with Gasteiger partial charge < -0.3 is 9.52 Å². The second-order valence-electron chi connectivity index (χ2n) is 3.16. The van der Waals surface area contributed by atoms with Gasteiger partial charge >= 0.3 is 5.63 Å². The fraction of sp³-hybridized carbons (Fsp3) is 0.0909. The molecule has 1 N–H and O–H groups in total. The predicted molar refractivity (Wildman–Crippen MR) is 62.0 cm³/mol. The summed E-state index contributed by atoms with van der Waals surface area (Å²) in [6.45, 7) is 0. The molecule has 0 unspecified atom stereocenters. The van der Waals surface area contributed by atoms with Crippen molar-refractivity contribution in [2.45, 2.75) is 0 Å². The molecule has 0 fully saturated rings. The Morgan fingerprint density at radius 3 is 2.81 bits per heavy atom. The highest BCUT2D eigenvalue weighted by atomic mass is 32.2. The molecule has 1 aromatic heterocycles. The molecule has 1 heterocycles. The molecule has 1 aromatic carbocycles. The number of fused-ring (bicyclic) bond motifs is 1. The summed E-state index contributed by atoms with van der Waals surface area (Å²) in [5.41, 5.74) is -0.397. The monoisotopic (exact) mass is 236 g/mol. The number of thioether (sulfide) groups is 1. The van der Waals surface area contributed by atoms with Gasteiger partial charge in [-0.25, -0.2) is 4.79 Å². The Kier molecular flexibility index (Phi) is 2.70. The van der Waals surface area contributed by atoms with Crippen molar-refractivity contribution in [1.29, 1.82) is 0 Å². The molecule has 4 nitrogen and oxygen atoms in total. The summed E-state index contributed by atoms with van der Waals surface area (Å²) in [5, 5.41) is 9.49. The van der Waals surface area contributed by atoms with E-state index in [0.717, 1.165) is 11.8 Å². The van der Waals surface area contributed by atoms with Crippen molar-refractivity contribution in [1.82, 2.24) is 0 Å². The maximum Gasteiger partial charge on any atom is 0.348 e. The third kappa shape index (κ3) is 1.81. The molecular weight excluding hydrogens is 228 g/mol. The van der Waals surface area contributed by atoms with Crippen molar-refractivity contribution in [2.75, 3.05) is 6.26 Å². The summed E-state index contributed by atoms with van der Waals surface area (Å²) >= 11 is 0.955. The van der Waals surface area contributed by atoms with Crippen LogP contribution < -0.4 is 5.63 Å². The van der Waals surface area contributed by atoms with E-state index in [9.17, 15) is 14.7 Å². The van der Waals surface area contributed by atoms with Gasteiger partial charge in [-0.3, -0.25) is 4.79 Å². The molecule has 0 saturated heterocycles. The molecule has 16 heavy (non-hydrogen) atoms. The van der Waals surface area contributed by atoms with Gasteiger partial charge in [0, 0.05) is 11.5 Å².